The van der Waals surface area contributed by atoms with Gasteiger partial charge in [0.1, 0.15) is 5.60 Å². The summed E-state index contributed by atoms with van der Waals surface area (Å²) in [6.45, 7) is 7.18. The van der Waals surface area contributed by atoms with Crippen LogP contribution in [0.2, 0.25) is 0 Å². The van der Waals surface area contributed by atoms with Crippen LogP contribution in [0.1, 0.15) is 26.7 Å². The zero-order chi connectivity index (χ0) is 13.2. The molecule has 0 aromatic heterocycles. The Hall–Kier alpha value is -0.260. The topological polar surface area (TPSA) is 52.6 Å². The molecule has 0 unspecified atom stereocenters. The molecule has 0 aromatic carbocycles. The summed E-state index contributed by atoms with van der Waals surface area (Å²) in [4.78, 5) is 13.7. The summed E-state index contributed by atoms with van der Waals surface area (Å²) in [5, 5.41) is 14.1. The zero-order valence-electron chi connectivity index (χ0n) is 11.3. The van der Waals surface area contributed by atoms with Crippen molar-refractivity contribution in [1.82, 2.24) is 10.2 Å². The molecule has 2 aliphatic heterocycles. The van der Waals surface area contributed by atoms with Gasteiger partial charge >= 0.3 is 0 Å². The summed E-state index contributed by atoms with van der Waals surface area (Å²) < 4.78 is 0. The monoisotopic (exact) mass is 272 g/mol. The van der Waals surface area contributed by atoms with E-state index in [4.69, 9.17) is 0 Å². The number of amides is 1. The van der Waals surface area contributed by atoms with Gasteiger partial charge in [-0.05, 0) is 31.8 Å². The van der Waals surface area contributed by atoms with Crippen LogP contribution >= 0.6 is 11.8 Å². The van der Waals surface area contributed by atoms with Crippen molar-refractivity contribution in [3.63, 3.8) is 0 Å². The smallest absolute Gasteiger partial charge is 0.232 e. The Balaban J connectivity index is 1.67. The van der Waals surface area contributed by atoms with E-state index in [0.717, 1.165) is 25.9 Å². The maximum absolute atomic E-state index is 12.0. The quantitative estimate of drug-likeness (QED) is 0.791. The van der Waals surface area contributed by atoms with Gasteiger partial charge in [0.15, 0.2) is 0 Å². The van der Waals surface area contributed by atoms with Crippen LogP contribution in [0.5, 0.6) is 0 Å². The van der Waals surface area contributed by atoms with Crippen LogP contribution < -0.4 is 5.32 Å². The second-order valence-corrected chi connectivity index (χ2v) is 7.06. The standard InChI is InChI=1S/C13H24N2O2S/c1-10(2)13(17)8-15(9-13)12(16)7-18-11-3-5-14-6-4-11/h10-11,14,17H,3-9H2,1-2H3. The molecule has 2 saturated heterocycles. The lowest BCUT2D eigenvalue weighted by Crippen LogP contribution is -2.66. The molecule has 4 nitrogen and oxygen atoms in total. The summed E-state index contributed by atoms with van der Waals surface area (Å²) in [5.41, 5.74) is -0.644. The average Bonchev–Trinajstić information content (AvgIpc) is 2.33. The lowest BCUT2D eigenvalue weighted by Gasteiger charge is -2.49. The van der Waals surface area contributed by atoms with Gasteiger partial charge in [0.05, 0.1) is 18.8 Å². The van der Waals surface area contributed by atoms with Crippen LogP contribution in [0.3, 0.4) is 0 Å². The number of carbonyl (C=O) groups is 1. The van der Waals surface area contributed by atoms with Crippen molar-refractivity contribution in [2.45, 2.75) is 37.5 Å². The number of hydrogen-bond donors (Lipinski definition) is 2. The molecule has 0 atom stereocenters. The number of aliphatic hydroxyl groups is 1. The number of rotatable bonds is 4. The molecule has 104 valence electrons. The maximum atomic E-state index is 12.0. The lowest BCUT2D eigenvalue weighted by molar-refractivity contribution is -0.161. The van der Waals surface area contributed by atoms with Crippen molar-refractivity contribution in [2.75, 3.05) is 31.9 Å². The molecule has 0 bridgehead atoms. The molecule has 2 rings (SSSR count). The van der Waals surface area contributed by atoms with Gasteiger partial charge in [-0.2, -0.15) is 0 Å². The van der Waals surface area contributed by atoms with E-state index in [1.165, 1.54) is 0 Å². The summed E-state index contributed by atoms with van der Waals surface area (Å²) in [6.07, 6.45) is 2.32. The predicted octanol–water partition coefficient (Wildman–Crippen LogP) is 0.701. The fourth-order valence-corrected chi connectivity index (χ4v) is 3.53. The van der Waals surface area contributed by atoms with Crippen molar-refractivity contribution in [2.24, 2.45) is 5.92 Å². The van der Waals surface area contributed by atoms with E-state index in [-0.39, 0.29) is 11.8 Å². The minimum atomic E-state index is -0.644. The van der Waals surface area contributed by atoms with Gasteiger partial charge in [-0.25, -0.2) is 0 Å². The van der Waals surface area contributed by atoms with Gasteiger partial charge in [-0.15, -0.1) is 11.8 Å². The fraction of sp³-hybridized carbons (Fsp3) is 0.923. The number of likely N-dealkylation sites (tertiary alicyclic amines) is 1. The minimum absolute atomic E-state index is 0.184. The molecule has 0 spiro atoms. The number of nitrogens with zero attached hydrogens (tertiary/aromatic N) is 1. The summed E-state index contributed by atoms with van der Waals surface area (Å²) >= 11 is 1.78. The highest BCUT2D eigenvalue weighted by Gasteiger charge is 2.45. The number of thioether (sulfide) groups is 1. The van der Waals surface area contributed by atoms with Crippen molar-refractivity contribution in [3.05, 3.63) is 0 Å². The summed E-state index contributed by atoms with van der Waals surface area (Å²) in [6, 6.07) is 0. The van der Waals surface area contributed by atoms with Crippen LogP contribution in [0.15, 0.2) is 0 Å². The first kappa shape index (κ1) is 14.2. The van der Waals surface area contributed by atoms with Crippen LogP contribution in [0, 0.1) is 5.92 Å². The number of β-amino-alcohol motifs (C(OH)–C–C–N with tert-alkyl or cyclic N) is 1. The Bertz CT molecular complexity index is 297. The van der Waals surface area contributed by atoms with Gasteiger partial charge in [-0.3, -0.25) is 4.79 Å². The Kier molecular flexibility index (Phi) is 4.56. The van der Waals surface area contributed by atoms with E-state index in [2.05, 4.69) is 5.32 Å². The van der Waals surface area contributed by atoms with Crippen LogP contribution in [-0.2, 0) is 4.79 Å². The van der Waals surface area contributed by atoms with Gasteiger partial charge < -0.3 is 15.3 Å². The average molecular weight is 272 g/mol. The number of hydrogen-bond acceptors (Lipinski definition) is 4. The lowest BCUT2D eigenvalue weighted by atomic mass is 9.83. The third-order valence-electron chi connectivity index (χ3n) is 4.09. The van der Waals surface area contributed by atoms with Crippen LogP contribution in [-0.4, -0.2) is 58.7 Å². The molecule has 0 radical (unpaired) electrons. The van der Waals surface area contributed by atoms with Crippen molar-refractivity contribution in [3.8, 4) is 0 Å². The summed E-state index contributed by atoms with van der Waals surface area (Å²) in [5.74, 6) is 0.973. The SMILES string of the molecule is CC(C)C1(O)CN(C(=O)CSC2CCNCC2)C1. The van der Waals surface area contributed by atoms with E-state index in [1.807, 2.05) is 13.8 Å². The van der Waals surface area contributed by atoms with E-state index in [9.17, 15) is 9.90 Å². The highest BCUT2D eigenvalue weighted by molar-refractivity contribution is 8.00. The van der Waals surface area contributed by atoms with E-state index < -0.39 is 5.60 Å². The van der Waals surface area contributed by atoms with Gasteiger partial charge in [-0.1, -0.05) is 13.8 Å². The molecule has 0 saturated carbocycles. The molecule has 0 aromatic rings. The van der Waals surface area contributed by atoms with Crippen molar-refractivity contribution in [1.29, 1.82) is 0 Å². The molecule has 0 aliphatic carbocycles. The maximum Gasteiger partial charge on any atom is 0.232 e. The third kappa shape index (κ3) is 3.19. The van der Waals surface area contributed by atoms with Crippen molar-refractivity contribution >= 4 is 17.7 Å². The third-order valence-corrected chi connectivity index (χ3v) is 5.44. The molecule has 2 heterocycles. The number of carbonyl (C=O) groups excluding carboxylic acids is 1. The van der Waals surface area contributed by atoms with Gasteiger partial charge in [0.25, 0.3) is 0 Å². The first-order chi connectivity index (χ1) is 8.51. The first-order valence-electron chi connectivity index (χ1n) is 6.84. The second-order valence-electron chi connectivity index (χ2n) is 5.77. The Morgan fingerprint density at radius 1 is 1.44 bits per heavy atom. The molecular formula is C13H24N2O2S. The van der Waals surface area contributed by atoms with Crippen LogP contribution in [0.25, 0.3) is 0 Å². The zero-order valence-corrected chi connectivity index (χ0v) is 12.1. The highest BCUT2D eigenvalue weighted by atomic mass is 32.2. The van der Waals surface area contributed by atoms with Crippen molar-refractivity contribution < 1.29 is 9.90 Å². The number of nitrogens with one attached hydrogen (secondary N) is 1. The van der Waals surface area contributed by atoms with E-state index in [0.29, 0.717) is 24.1 Å². The van der Waals surface area contributed by atoms with Gasteiger partial charge in [0, 0.05) is 5.25 Å². The number of piperidine rings is 1. The summed E-state index contributed by atoms with van der Waals surface area (Å²) in [7, 11) is 0. The second kappa shape index (κ2) is 5.80. The molecule has 2 N–H and O–H groups in total. The predicted molar refractivity (Wildman–Crippen MR) is 74.7 cm³/mol. The fourth-order valence-electron chi connectivity index (χ4n) is 2.40. The molecule has 18 heavy (non-hydrogen) atoms. The highest BCUT2D eigenvalue weighted by Crippen LogP contribution is 2.29. The van der Waals surface area contributed by atoms with Gasteiger partial charge in [0.2, 0.25) is 5.91 Å². The molecular weight excluding hydrogens is 248 g/mol. The first-order valence-corrected chi connectivity index (χ1v) is 7.88. The largest absolute Gasteiger partial charge is 0.386 e. The Labute approximate surface area is 113 Å². The minimum Gasteiger partial charge on any atom is -0.386 e. The molecule has 2 aliphatic rings. The van der Waals surface area contributed by atoms with Crippen LogP contribution in [0.4, 0.5) is 0 Å². The molecule has 5 heteroatoms. The van der Waals surface area contributed by atoms with E-state index >= 15 is 0 Å². The van der Waals surface area contributed by atoms with E-state index in [1.54, 1.807) is 16.7 Å². The Morgan fingerprint density at radius 3 is 2.61 bits per heavy atom. The molecule has 2 fully saturated rings. The Morgan fingerprint density at radius 2 is 2.06 bits per heavy atom. The normalized spacial score (nSPS) is 24.1. The molecule has 1 amide bonds.